The summed E-state index contributed by atoms with van der Waals surface area (Å²) in [5.41, 5.74) is 3.43. The Labute approximate surface area is 230 Å². The topological polar surface area (TPSA) is 197 Å². The molecule has 0 aromatic heterocycles. The van der Waals surface area contributed by atoms with E-state index >= 15 is 0 Å². The van der Waals surface area contributed by atoms with Crippen LogP contribution in [-0.4, -0.2) is 79.6 Å². The van der Waals surface area contributed by atoms with Crippen LogP contribution in [0.15, 0.2) is 18.2 Å². The van der Waals surface area contributed by atoms with Gasteiger partial charge in [0, 0.05) is 53.5 Å². The van der Waals surface area contributed by atoms with E-state index in [1.165, 1.54) is 18.2 Å². The van der Waals surface area contributed by atoms with Gasteiger partial charge in [-0.25, -0.2) is 0 Å². The zero-order valence-electron chi connectivity index (χ0n) is 22.2. The summed E-state index contributed by atoms with van der Waals surface area (Å²) < 4.78 is 11.6. The Morgan fingerprint density at radius 1 is 1.15 bits per heavy atom. The van der Waals surface area contributed by atoms with E-state index in [4.69, 9.17) is 15.2 Å². The molecule has 0 saturated carbocycles. The largest absolute Gasteiger partial charge is 0.507 e. The molecule has 0 spiro atoms. The van der Waals surface area contributed by atoms with Crippen molar-refractivity contribution in [3.63, 3.8) is 0 Å². The number of aromatic hydroxyl groups is 2. The van der Waals surface area contributed by atoms with Crippen LogP contribution in [-0.2, 0) is 27.3 Å². The summed E-state index contributed by atoms with van der Waals surface area (Å²) in [5, 5.41) is 54.2. The van der Waals surface area contributed by atoms with E-state index in [-0.39, 0.29) is 60.1 Å². The van der Waals surface area contributed by atoms with Gasteiger partial charge in [-0.15, -0.1) is 0 Å². The third-order valence-corrected chi connectivity index (χ3v) is 8.37. The molecule has 6 atom stereocenters. The molecule has 214 valence electrons. The molecule has 4 unspecified atom stereocenters. The highest BCUT2D eigenvalue weighted by molar-refractivity contribution is 6.31. The third kappa shape index (κ3) is 4.33. The lowest BCUT2D eigenvalue weighted by Crippen LogP contribution is -2.52. The molecule has 11 nitrogen and oxygen atoms in total. The predicted molar refractivity (Wildman–Crippen MR) is 139 cm³/mol. The normalized spacial score (nSPS) is 29.5. The molecule has 0 amide bonds. The van der Waals surface area contributed by atoms with Crippen LogP contribution in [0.2, 0.25) is 0 Å². The SMILES string of the molecule is CCC(=O)[C@]1(O)Cc2c(O)c3c(c(O)c2[C@@H](COC2CC(N)C(O)C(C)O2)C1)C(=O)c1c(CO)cccc1C3=O. The molecule has 3 aliphatic rings. The van der Waals surface area contributed by atoms with Gasteiger partial charge in [-0.1, -0.05) is 25.1 Å². The first-order valence-electron chi connectivity index (χ1n) is 13.3. The van der Waals surface area contributed by atoms with Crippen LogP contribution in [0.1, 0.15) is 87.6 Å². The fraction of sp³-hybridized carbons (Fsp3) is 0.483. The number of phenolic OH excluding ortho intramolecular Hbond substituents is 2. The number of benzene rings is 2. The van der Waals surface area contributed by atoms with Gasteiger partial charge in [-0.3, -0.25) is 14.4 Å². The van der Waals surface area contributed by atoms with Gasteiger partial charge < -0.3 is 40.7 Å². The van der Waals surface area contributed by atoms with Crippen molar-refractivity contribution in [1.29, 1.82) is 0 Å². The van der Waals surface area contributed by atoms with E-state index in [9.17, 15) is 39.9 Å². The van der Waals surface area contributed by atoms with E-state index in [1.54, 1.807) is 13.8 Å². The Balaban J connectivity index is 1.62. The molecule has 1 fully saturated rings. The summed E-state index contributed by atoms with van der Waals surface area (Å²) in [6.07, 6.45) is -2.72. The number of rotatable bonds is 6. The molecule has 0 bridgehead atoms. The molecule has 2 aliphatic carbocycles. The second-order valence-electron chi connectivity index (χ2n) is 10.9. The van der Waals surface area contributed by atoms with Gasteiger partial charge in [0.2, 0.25) is 0 Å². The lowest BCUT2D eigenvalue weighted by molar-refractivity contribution is -0.224. The van der Waals surface area contributed by atoms with Crippen molar-refractivity contribution < 1.29 is 49.4 Å². The van der Waals surface area contributed by atoms with Crippen LogP contribution < -0.4 is 5.73 Å². The van der Waals surface area contributed by atoms with Gasteiger partial charge >= 0.3 is 0 Å². The number of hydrogen-bond acceptors (Lipinski definition) is 11. The molecule has 11 heteroatoms. The maximum absolute atomic E-state index is 13.7. The number of ether oxygens (including phenoxy) is 2. The molecule has 40 heavy (non-hydrogen) atoms. The summed E-state index contributed by atoms with van der Waals surface area (Å²) in [5.74, 6) is -3.99. The second-order valence-corrected chi connectivity index (χ2v) is 10.9. The van der Waals surface area contributed by atoms with E-state index < -0.39 is 82.6 Å². The van der Waals surface area contributed by atoms with Gasteiger partial charge in [-0.2, -0.15) is 0 Å². The Morgan fingerprint density at radius 2 is 1.85 bits per heavy atom. The minimum atomic E-state index is -1.93. The maximum Gasteiger partial charge on any atom is 0.198 e. The Kier molecular flexibility index (Phi) is 7.32. The molecule has 7 N–H and O–H groups in total. The Morgan fingerprint density at radius 3 is 2.50 bits per heavy atom. The number of Topliss-reactive ketones (excluding diaryl/α,β-unsaturated/α-hetero) is 1. The van der Waals surface area contributed by atoms with Gasteiger partial charge in [0.05, 0.1) is 36.5 Å². The average Bonchev–Trinajstić information content (AvgIpc) is 2.93. The van der Waals surface area contributed by atoms with Gasteiger partial charge in [0.25, 0.3) is 0 Å². The first-order chi connectivity index (χ1) is 18.9. The quantitative estimate of drug-likeness (QED) is 0.237. The minimum Gasteiger partial charge on any atom is -0.507 e. The van der Waals surface area contributed by atoms with Crippen molar-refractivity contribution >= 4 is 17.3 Å². The smallest absolute Gasteiger partial charge is 0.198 e. The third-order valence-electron chi connectivity index (χ3n) is 8.37. The number of carbonyl (C=O) groups is 3. The molecule has 1 heterocycles. The first-order valence-corrected chi connectivity index (χ1v) is 13.3. The van der Waals surface area contributed by atoms with Crippen molar-refractivity contribution in [2.45, 2.75) is 82.2 Å². The molecule has 0 radical (unpaired) electrons. The highest BCUT2D eigenvalue weighted by Crippen LogP contribution is 2.51. The highest BCUT2D eigenvalue weighted by Gasteiger charge is 2.48. The van der Waals surface area contributed by atoms with Crippen LogP contribution in [0.5, 0.6) is 11.5 Å². The summed E-state index contributed by atoms with van der Waals surface area (Å²) in [7, 11) is 0. The van der Waals surface area contributed by atoms with Crippen molar-refractivity contribution in [1.82, 2.24) is 0 Å². The lowest BCUT2D eigenvalue weighted by atomic mass is 9.68. The lowest BCUT2D eigenvalue weighted by Gasteiger charge is -2.40. The molecular weight excluding hydrogens is 522 g/mol. The second kappa shape index (κ2) is 10.3. The van der Waals surface area contributed by atoms with Crippen molar-refractivity contribution in [2.24, 2.45) is 5.73 Å². The summed E-state index contributed by atoms with van der Waals surface area (Å²) in [4.78, 5) is 40.0. The fourth-order valence-electron chi connectivity index (χ4n) is 6.28. The average molecular weight is 556 g/mol. The number of ketones is 3. The van der Waals surface area contributed by atoms with Crippen molar-refractivity contribution in [3.8, 4) is 11.5 Å². The van der Waals surface area contributed by atoms with Gasteiger partial charge in [0.1, 0.15) is 17.1 Å². The molecule has 2 aromatic carbocycles. The number of phenols is 2. The van der Waals surface area contributed by atoms with Crippen molar-refractivity contribution in [3.05, 3.63) is 57.1 Å². The minimum absolute atomic E-state index is 0.00180. The molecule has 5 rings (SSSR count). The monoisotopic (exact) mass is 555 g/mol. The summed E-state index contributed by atoms with van der Waals surface area (Å²) in [6.45, 7) is 2.52. The van der Waals surface area contributed by atoms with Crippen LogP contribution >= 0.6 is 0 Å². The van der Waals surface area contributed by atoms with E-state index in [0.29, 0.717) is 0 Å². The standard InChI is InChI=1S/C29H33NO10/c1-3-18(32)29(38)8-14(11-39-19-7-17(30)24(33)12(2)40-19)21-16(9-29)26(35)22-23(28(21)37)27(36)20-13(10-31)5-4-6-15(20)25(22)34/h4-6,12,14,17,19,24,31,33,35,37-38H,3,7-11,30H2,1-2H3/t12?,14-,17?,19?,24?,29-/m1/s1. The number of aliphatic hydroxyl groups excluding tert-OH is 2. The van der Waals surface area contributed by atoms with Gasteiger partial charge in [-0.05, 0) is 18.9 Å². The fourth-order valence-corrected chi connectivity index (χ4v) is 6.28. The number of aliphatic hydroxyl groups is 3. The summed E-state index contributed by atoms with van der Waals surface area (Å²) >= 11 is 0. The molecule has 2 aromatic rings. The van der Waals surface area contributed by atoms with Crippen LogP contribution in [0, 0.1) is 0 Å². The Hall–Kier alpha value is -3.19. The molecule has 1 saturated heterocycles. The number of carbonyl (C=O) groups excluding carboxylic acids is 3. The number of fused-ring (bicyclic) bond motifs is 3. The van der Waals surface area contributed by atoms with Crippen molar-refractivity contribution in [2.75, 3.05) is 6.61 Å². The molecular formula is C29H33NO10. The first kappa shape index (κ1) is 28.3. The van der Waals surface area contributed by atoms with Crippen LogP contribution in [0.3, 0.4) is 0 Å². The zero-order valence-corrected chi connectivity index (χ0v) is 22.2. The van der Waals surface area contributed by atoms with Crippen LogP contribution in [0.25, 0.3) is 0 Å². The highest BCUT2D eigenvalue weighted by atomic mass is 16.7. The number of hydrogen-bond donors (Lipinski definition) is 6. The van der Waals surface area contributed by atoms with E-state index in [0.717, 1.165) is 0 Å². The van der Waals surface area contributed by atoms with E-state index in [2.05, 4.69) is 0 Å². The summed E-state index contributed by atoms with van der Waals surface area (Å²) in [6, 6.07) is 3.78. The predicted octanol–water partition coefficient (Wildman–Crippen LogP) is 0.945. The zero-order chi connectivity index (χ0) is 29.1. The maximum atomic E-state index is 13.7. The number of nitrogens with two attached hydrogens (primary N) is 1. The van der Waals surface area contributed by atoms with Crippen LogP contribution in [0.4, 0.5) is 0 Å². The molecule has 1 aliphatic heterocycles. The van der Waals surface area contributed by atoms with E-state index in [1.807, 2.05) is 0 Å². The Bertz CT molecular complexity index is 1390. The van der Waals surface area contributed by atoms with Gasteiger partial charge in [0.15, 0.2) is 23.6 Å².